The molecule has 2 heterocycles. The van der Waals surface area contributed by atoms with Crippen molar-refractivity contribution >= 4 is 5.97 Å². The van der Waals surface area contributed by atoms with Gasteiger partial charge in [-0.1, -0.05) is 12.8 Å². The van der Waals surface area contributed by atoms with E-state index >= 15 is 0 Å². The Morgan fingerprint density at radius 1 is 1.40 bits per heavy atom. The maximum Gasteiger partial charge on any atom is 0.371 e. The molecule has 0 bridgehead atoms. The number of nitrogens with zero attached hydrogens (tertiary/aromatic N) is 1. The zero-order valence-electron chi connectivity index (χ0n) is 11.5. The number of likely N-dealkylation sites (tertiary alicyclic amines) is 1. The van der Waals surface area contributed by atoms with Crippen LogP contribution in [0.2, 0.25) is 0 Å². The third-order valence-electron chi connectivity index (χ3n) is 4.76. The van der Waals surface area contributed by atoms with Crippen LogP contribution in [0.1, 0.15) is 48.4 Å². The van der Waals surface area contributed by atoms with E-state index in [1.165, 1.54) is 12.5 Å². The fourth-order valence-corrected chi connectivity index (χ4v) is 3.58. The molecular weight excluding hydrogens is 258 g/mol. The minimum atomic E-state index is -1.03. The Bertz CT molecular complexity index is 498. The lowest BCUT2D eigenvalue weighted by molar-refractivity contribution is -0.0975. The Morgan fingerprint density at radius 2 is 2.25 bits per heavy atom. The lowest BCUT2D eigenvalue weighted by atomic mass is 9.71. The van der Waals surface area contributed by atoms with Crippen LogP contribution < -0.4 is 0 Å². The van der Waals surface area contributed by atoms with Gasteiger partial charge in [0, 0.05) is 19.0 Å². The molecule has 2 atom stereocenters. The molecule has 1 saturated carbocycles. The van der Waals surface area contributed by atoms with Crippen LogP contribution in [-0.4, -0.2) is 39.8 Å². The molecule has 20 heavy (non-hydrogen) atoms. The van der Waals surface area contributed by atoms with Crippen LogP contribution in [0.25, 0.3) is 0 Å². The number of hydrogen-bond donors (Lipinski definition) is 2. The second-order valence-electron chi connectivity index (χ2n) is 6.10. The van der Waals surface area contributed by atoms with E-state index in [2.05, 4.69) is 4.90 Å². The molecular formula is C15H21NO4. The third-order valence-corrected chi connectivity index (χ3v) is 4.76. The Balaban J connectivity index is 1.63. The fourth-order valence-electron chi connectivity index (χ4n) is 3.58. The lowest BCUT2D eigenvalue weighted by Gasteiger charge is -2.47. The highest BCUT2D eigenvalue weighted by atomic mass is 16.4. The first kappa shape index (κ1) is 13.6. The third kappa shape index (κ3) is 2.60. The van der Waals surface area contributed by atoms with Gasteiger partial charge in [0.25, 0.3) is 0 Å². The molecule has 3 rings (SSSR count). The maximum absolute atomic E-state index is 10.8. The first-order valence-corrected chi connectivity index (χ1v) is 7.33. The van der Waals surface area contributed by atoms with Crippen molar-refractivity contribution in [2.75, 3.05) is 13.1 Å². The topological polar surface area (TPSA) is 73.9 Å². The molecule has 2 fully saturated rings. The number of carboxylic acid groups (broad SMARTS) is 1. The van der Waals surface area contributed by atoms with E-state index in [-0.39, 0.29) is 5.76 Å². The lowest BCUT2D eigenvalue weighted by Crippen LogP contribution is -2.52. The van der Waals surface area contributed by atoms with Gasteiger partial charge in [0.05, 0.1) is 12.1 Å². The van der Waals surface area contributed by atoms with Crippen molar-refractivity contribution in [1.82, 2.24) is 4.90 Å². The van der Waals surface area contributed by atoms with Gasteiger partial charge in [0.2, 0.25) is 5.76 Å². The Hall–Kier alpha value is -1.33. The number of carbonyl (C=O) groups is 1. The van der Waals surface area contributed by atoms with Gasteiger partial charge in [0.15, 0.2) is 0 Å². The van der Waals surface area contributed by atoms with E-state index in [1.54, 1.807) is 6.07 Å². The molecule has 0 spiro atoms. The van der Waals surface area contributed by atoms with Gasteiger partial charge < -0.3 is 14.6 Å². The second-order valence-corrected chi connectivity index (χ2v) is 6.10. The van der Waals surface area contributed by atoms with Crippen molar-refractivity contribution in [3.8, 4) is 0 Å². The van der Waals surface area contributed by atoms with Crippen molar-refractivity contribution in [2.24, 2.45) is 5.92 Å². The van der Waals surface area contributed by atoms with Gasteiger partial charge in [-0.3, -0.25) is 4.90 Å². The maximum atomic E-state index is 10.8. The monoisotopic (exact) mass is 279 g/mol. The summed E-state index contributed by atoms with van der Waals surface area (Å²) in [5.74, 6) is -0.00899. The van der Waals surface area contributed by atoms with Crippen molar-refractivity contribution in [3.63, 3.8) is 0 Å². The van der Waals surface area contributed by atoms with Gasteiger partial charge in [-0.05, 0) is 31.4 Å². The van der Waals surface area contributed by atoms with Gasteiger partial charge in [-0.15, -0.1) is 0 Å². The molecule has 2 unspecified atom stereocenters. The molecule has 1 aromatic heterocycles. The first-order chi connectivity index (χ1) is 9.57. The summed E-state index contributed by atoms with van der Waals surface area (Å²) in [6, 6.07) is 3.23. The van der Waals surface area contributed by atoms with E-state index < -0.39 is 11.6 Å². The molecule has 0 amide bonds. The van der Waals surface area contributed by atoms with Crippen LogP contribution >= 0.6 is 0 Å². The molecule has 1 saturated heterocycles. The van der Waals surface area contributed by atoms with Gasteiger partial charge in [-0.2, -0.15) is 0 Å². The fraction of sp³-hybridized carbons (Fsp3) is 0.667. The first-order valence-electron chi connectivity index (χ1n) is 7.33. The summed E-state index contributed by atoms with van der Waals surface area (Å²) < 4.78 is 5.31. The van der Waals surface area contributed by atoms with Gasteiger partial charge in [0.1, 0.15) is 5.76 Å². The highest BCUT2D eigenvalue weighted by Crippen LogP contribution is 2.40. The quantitative estimate of drug-likeness (QED) is 0.886. The number of aliphatic hydroxyl groups is 1. The van der Waals surface area contributed by atoms with Crippen LogP contribution in [0.5, 0.6) is 0 Å². The highest BCUT2D eigenvalue weighted by molar-refractivity contribution is 5.84. The molecule has 2 aliphatic rings. The Kier molecular flexibility index (Phi) is 3.56. The van der Waals surface area contributed by atoms with Crippen molar-refractivity contribution in [2.45, 2.75) is 44.2 Å². The molecule has 110 valence electrons. The van der Waals surface area contributed by atoms with Crippen molar-refractivity contribution in [3.05, 3.63) is 23.7 Å². The van der Waals surface area contributed by atoms with E-state index in [9.17, 15) is 9.90 Å². The summed E-state index contributed by atoms with van der Waals surface area (Å²) in [4.78, 5) is 13.1. The summed E-state index contributed by atoms with van der Waals surface area (Å²) in [5, 5.41) is 19.5. The number of aromatic carboxylic acids is 1. The molecule has 1 aromatic rings. The van der Waals surface area contributed by atoms with Crippen molar-refractivity contribution < 1.29 is 19.4 Å². The standard InChI is InChI=1S/C15H21NO4/c17-14(18)13-5-4-12(20-13)10-16-8-7-15(19)6-2-1-3-11(15)9-16/h4-5,11,19H,1-3,6-10H2,(H,17,18). The molecule has 0 aromatic carbocycles. The number of piperidine rings is 1. The Morgan fingerprint density at radius 3 is 3.00 bits per heavy atom. The average Bonchev–Trinajstić information content (AvgIpc) is 2.88. The van der Waals surface area contributed by atoms with E-state index in [0.29, 0.717) is 18.2 Å². The van der Waals surface area contributed by atoms with Crippen LogP contribution in [0.15, 0.2) is 16.5 Å². The molecule has 5 nitrogen and oxygen atoms in total. The van der Waals surface area contributed by atoms with Crippen molar-refractivity contribution in [1.29, 1.82) is 0 Å². The summed E-state index contributed by atoms with van der Waals surface area (Å²) in [6.45, 7) is 2.34. The zero-order chi connectivity index (χ0) is 14.2. The number of furan rings is 1. The minimum Gasteiger partial charge on any atom is -0.475 e. The van der Waals surface area contributed by atoms with Crippen LogP contribution in [-0.2, 0) is 6.54 Å². The number of hydrogen-bond acceptors (Lipinski definition) is 4. The number of fused-ring (bicyclic) bond motifs is 1. The largest absolute Gasteiger partial charge is 0.475 e. The summed E-state index contributed by atoms with van der Waals surface area (Å²) in [7, 11) is 0. The normalized spacial score (nSPS) is 30.9. The highest BCUT2D eigenvalue weighted by Gasteiger charge is 2.42. The van der Waals surface area contributed by atoms with E-state index in [4.69, 9.17) is 9.52 Å². The average molecular weight is 279 g/mol. The summed E-state index contributed by atoms with van der Waals surface area (Å²) >= 11 is 0. The van der Waals surface area contributed by atoms with Crippen LogP contribution in [0.4, 0.5) is 0 Å². The number of carboxylic acids is 1. The van der Waals surface area contributed by atoms with Gasteiger partial charge in [-0.25, -0.2) is 4.79 Å². The van der Waals surface area contributed by atoms with E-state index in [0.717, 1.165) is 38.8 Å². The second kappa shape index (κ2) is 5.22. The number of rotatable bonds is 3. The predicted molar refractivity (Wildman–Crippen MR) is 72.5 cm³/mol. The molecule has 5 heteroatoms. The molecule has 0 radical (unpaired) electrons. The van der Waals surface area contributed by atoms with Crippen LogP contribution in [0.3, 0.4) is 0 Å². The summed E-state index contributed by atoms with van der Waals surface area (Å²) in [5.41, 5.74) is -0.468. The molecule has 1 aliphatic heterocycles. The molecule has 1 aliphatic carbocycles. The van der Waals surface area contributed by atoms with E-state index in [1.807, 2.05) is 0 Å². The minimum absolute atomic E-state index is 0.00817. The zero-order valence-corrected chi connectivity index (χ0v) is 11.5. The van der Waals surface area contributed by atoms with Gasteiger partial charge >= 0.3 is 5.97 Å². The Labute approximate surface area is 118 Å². The smallest absolute Gasteiger partial charge is 0.371 e. The van der Waals surface area contributed by atoms with Crippen LogP contribution in [0, 0.1) is 5.92 Å². The molecule has 2 N–H and O–H groups in total. The summed E-state index contributed by atoms with van der Waals surface area (Å²) in [6.07, 6.45) is 5.16. The SMILES string of the molecule is O=C(O)c1ccc(CN2CCC3(O)CCCCC3C2)o1. The predicted octanol–water partition coefficient (Wildman–Crippen LogP) is 2.10.